The minimum absolute atomic E-state index is 0.0674. The number of nitrogens with one attached hydrogen (secondary N) is 1. The summed E-state index contributed by atoms with van der Waals surface area (Å²) in [5.41, 5.74) is 5.46. The van der Waals surface area contributed by atoms with Crippen LogP contribution in [0.25, 0.3) is 22.2 Å². The fourth-order valence-electron chi connectivity index (χ4n) is 4.15. The van der Waals surface area contributed by atoms with Crippen LogP contribution >= 0.6 is 11.6 Å². The molecule has 4 aromatic heterocycles. The van der Waals surface area contributed by atoms with Crippen molar-refractivity contribution >= 4 is 22.5 Å². The molecule has 5 aromatic rings. The Hall–Kier alpha value is -4.48. The van der Waals surface area contributed by atoms with E-state index in [4.69, 9.17) is 21.3 Å². The highest BCUT2D eigenvalue weighted by atomic mass is 35.5. The van der Waals surface area contributed by atoms with E-state index in [1.807, 2.05) is 44.2 Å². The summed E-state index contributed by atoms with van der Waals surface area (Å²) in [4.78, 5) is 21.7. The third kappa shape index (κ3) is 4.32. The lowest BCUT2D eigenvalue weighted by molar-refractivity contribution is 0.307. The Balaban J connectivity index is 1.51. The van der Waals surface area contributed by atoms with Gasteiger partial charge < -0.3 is 9.30 Å². The summed E-state index contributed by atoms with van der Waals surface area (Å²) in [5.74, 6) is 0.601. The van der Waals surface area contributed by atoms with Crippen molar-refractivity contribution in [2.75, 3.05) is 0 Å². The van der Waals surface area contributed by atoms with Crippen molar-refractivity contribution in [2.24, 2.45) is 0 Å². The van der Waals surface area contributed by atoms with Gasteiger partial charge >= 0.3 is 0 Å². The van der Waals surface area contributed by atoms with Crippen LogP contribution in [0.1, 0.15) is 28.1 Å². The standard InChI is InChI=1S/C27H21ClN6O2/c1-16-13-31-33-25(16)20-11-17(2)32-26-19(20)6-3-7-24(26)36-15-21-22(28)8-9-30-23(21)14-34-10-4-5-18(12-29)27(34)35/h3-11,13H,14-15H2,1-2H3,(H,31,33). The maximum absolute atomic E-state index is 12.5. The number of ether oxygens (including phenoxy) is 1. The van der Waals surface area contributed by atoms with Gasteiger partial charge in [0.2, 0.25) is 0 Å². The van der Waals surface area contributed by atoms with E-state index >= 15 is 0 Å². The van der Waals surface area contributed by atoms with Gasteiger partial charge in [0.1, 0.15) is 29.5 Å². The van der Waals surface area contributed by atoms with E-state index in [1.165, 1.54) is 10.6 Å². The molecular weight excluding hydrogens is 476 g/mol. The number of aromatic nitrogens is 5. The lowest BCUT2D eigenvalue weighted by Crippen LogP contribution is -2.23. The predicted octanol–water partition coefficient (Wildman–Crippen LogP) is 4.95. The fourth-order valence-corrected chi connectivity index (χ4v) is 4.37. The van der Waals surface area contributed by atoms with Crippen molar-refractivity contribution < 1.29 is 4.74 Å². The first-order valence-corrected chi connectivity index (χ1v) is 11.6. The molecule has 5 rings (SSSR count). The SMILES string of the molecule is Cc1cc(-c2[nH]ncc2C)c2cccc(OCc3c(Cl)ccnc3Cn3cccc(C#N)c3=O)c2n1. The van der Waals surface area contributed by atoms with Crippen LogP contribution in [-0.4, -0.2) is 24.7 Å². The van der Waals surface area contributed by atoms with Crippen LogP contribution in [0.3, 0.4) is 0 Å². The number of H-pyrrole nitrogens is 1. The quantitative estimate of drug-likeness (QED) is 0.356. The summed E-state index contributed by atoms with van der Waals surface area (Å²) in [5, 5.41) is 17.8. The van der Waals surface area contributed by atoms with Crippen molar-refractivity contribution in [3.63, 3.8) is 0 Å². The van der Waals surface area contributed by atoms with Gasteiger partial charge in [0.15, 0.2) is 0 Å². The minimum Gasteiger partial charge on any atom is -0.486 e. The fraction of sp³-hybridized carbons (Fsp3) is 0.148. The average Bonchev–Trinajstić information content (AvgIpc) is 3.30. The molecule has 178 valence electrons. The summed E-state index contributed by atoms with van der Waals surface area (Å²) in [6, 6.07) is 14.6. The Labute approximate surface area is 211 Å². The molecule has 1 N–H and O–H groups in total. The van der Waals surface area contributed by atoms with Gasteiger partial charge in [-0.15, -0.1) is 0 Å². The molecule has 9 heteroatoms. The van der Waals surface area contributed by atoms with Crippen LogP contribution in [-0.2, 0) is 13.2 Å². The zero-order valence-corrected chi connectivity index (χ0v) is 20.4. The van der Waals surface area contributed by atoms with E-state index in [0.29, 0.717) is 22.0 Å². The van der Waals surface area contributed by atoms with Gasteiger partial charge in [-0.2, -0.15) is 10.4 Å². The van der Waals surface area contributed by atoms with Crippen molar-refractivity contribution in [3.05, 3.63) is 105 Å². The number of pyridine rings is 3. The van der Waals surface area contributed by atoms with Gasteiger partial charge in [-0.05, 0) is 49.7 Å². The summed E-state index contributed by atoms with van der Waals surface area (Å²) in [6.45, 7) is 4.23. The summed E-state index contributed by atoms with van der Waals surface area (Å²) >= 11 is 6.53. The average molecular weight is 497 g/mol. The second-order valence-electron chi connectivity index (χ2n) is 8.36. The van der Waals surface area contributed by atoms with E-state index in [9.17, 15) is 10.1 Å². The molecule has 1 aromatic carbocycles. The number of nitriles is 1. The topological polar surface area (TPSA) is 109 Å². The Morgan fingerprint density at radius 2 is 2.06 bits per heavy atom. The van der Waals surface area contributed by atoms with E-state index in [1.54, 1.807) is 30.7 Å². The molecule has 0 amide bonds. The Morgan fingerprint density at radius 1 is 1.19 bits per heavy atom. The minimum atomic E-state index is -0.385. The Morgan fingerprint density at radius 3 is 2.83 bits per heavy atom. The smallest absolute Gasteiger partial charge is 0.268 e. The van der Waals surface area contributed by atoms with Gasteiger partial charge in [-0.1, -0.05) is 23.7 Å². The van der Waals surface area contributed by atoms with Crippen LogP contribution in [0.5, 0.6) is 5.75 Å². The lowest BCUT2D eigenvalue weighted by Gasteiger charge is -2.15. The molecule has 0 aliphatic carbocycles. The molecule has 0 aliphatic heterocycles. The van der Waals surface area contributed by atoms with Gasteiger partial charge in [-0.3, -0.25) is 14.9 Å². The lowest BCUT2D eigenvalue weighted by atomic mass is 10.0. The largest absolute Gasteiger partial charge is 0.486 e. The zero-order valence-electron chi connectivity index (χ0n) is 19.6. The van der Waals surface area contributed by atoms with Gasteiger partial charge in [0.25, 0.3) is 5.56 Å². The predicted molar refractivity (Wildman–Crippen MR) is 137 cm³/mol. The molecule has 0 bridgehead atoms. The van der Waals surface area contributed by atoms with Crippen LogP contribution in [0, 0.1) is 25.2 Å². The number of para-hydroxylation sites is 1. The second kappa shape index (κ2) is 9.64. The molecule has 0 spiro atoms. The molecular formula is C27H21ClN6O2. The van der Waals surface area contributed by atoms with Gasteiger partial charge in [0.05, 0.1) is 29.2 Å². The number of nitrogens with zero attached hydrogens (tertiary/aromatic N) is 5. The molecule has 4 heterocycles. The monoisotopic (exact) mass is 496 g/mol. The highest BCUT2D eigenvalue weighted by Crippen LogP contribution is 2.34. The molecule has 0 fully saturated rings. The third-order valence-electron chi connectivity index (χ3n) is 5.95. The molecule has 36 heavy (non-hydrogen) atoms. The number of rotatable bonds is 6. The summed E-state index contributed by atoms with van der Waals surface area (Å²) < 4.78 is 7.68. The maximum atomic E-state index is 12.5. The van der Waals surface area contributed by atoms with Crippen LogP contribution < -0.4 is 10.3 Å². The van der Waals surface area contributed by atoms with Crippen molar-refractivity contribution in [2.45, 2.75) is 27.0 Å². The number of benzene rings is 1. The van der Waals surface area contributed by atoms with Crippen molar-refractivity contribution in [1.29, 1.82) is 5.26 Å². The van der Waals surface area contributed by atoms with Crippen LogP contribution in [0.4, 0.5) is 0 Å². The van der Waals surface area contributed by atoms with Gasteiger partial charge in [0, 0.05) is 34.6 Å². The molecule has 0 saturated carbocycles. The number of halogens is 1. The molecule has 0 atom stereocenters. The highest BCUT2D eigenvalue weighted by Gasteiger charge is 2.16. The molecule has 8 nitrogen and oxygen atoms in total. The molecule has 0 aliphatic rings. The third-order valence-corrected chi connectivity index (χ3v) is 6.30. The number of hydrogen-bond acceptors (Lipinski definition) is 6. The van der Waals surface area contributed by atoms with E-state index < -0.39 is 0 Å². The summed E-state index contributed by atoms with van der Waals surface area (Å²) in [7, 11) is 0. The Kier molecular flexibility index (Phi) is 6.23. The van der Waals surface area contributed by atoms with Crippen LogP contribution in [0.15, 0.2) is 65.8 Å². The zero-order chi connectivity index (χ0) is 25.2. The number of fused-ring (bicyclic) bond motifs is 1. The molecule has 0 unspecified atom stereocenters. The number of hydrogen-bond donors (Lipinski definition) is 1. The number of aromatic amines is 1. The Bertz CT molecular complexity index is 1700. The summed E-state index contributed by atoms with van der Waals surface area (Å²) in [6.07, 6.45) is 5.00. The number of aryl methyl sites for hydroxylation is 2. The first kappa shape index (κ1) is 23.3. The van der Waals surface area contributed by atoms with E-state index in [2.05, 4.69) is 15.2 Å². The van der Waals surface area contributed by atoms with Crippen molar-refractivity contribution in [3.8, 4) is 23.1 Å². The van der Waals surface area contributed by atoms with Crippen LogP contribution in [0.2, 0.25) is 5.02 Å². The second-order valence-corrected chi connectivity index (χ2v) is 8.77. The maximum Gasteiger partial charge on any atom is 0.268 e. The van der Waals surface area contributed by atoms with Gasteiger partial charge in [-0.25, -0.2) is 4.98 Å². The highest BCUT2D eigenvalue weighted by molar-refractivity contribution is 6.31. The first-order chi connectivity index (χ1) is 17.5. The van der Waals surface area contributed by atoms with Crippen molar-refractivity contribution in [1.82, 2.24) is 24.7 Å². The van der Waals surface area contributed by atoms with E-state index in [0.717, 1.165) is 33.4 Å². The molecule has 0 saturated heterocycles. The first-order valence-electron chi connectivity index (χ1n) is 11.2. The normalized spacial score (nSPS) is 10.9. The van der Waals surface area contributed by atoms with E-state index in [-0.39, 0.29) is 24.3 Å². The molecule has 0 radical (unpaired) electrons.